The maximum Gasteiger partial charge on any atom is 0.103 e. The van der Waals surface area contributed by atoms with E-state index in [-0.39, 0.29) is 6.61 Å². The van der Waals surface area contributed by atoms with Crippen LogP contribution in [0.2, 0.25) is 0 Å². The number of rotatable bonds is 5. The van der Waals surface area contributed by atoms with Crippen molar-refractivity contribution in [2.24, 2.45) is 0 Å². The fourth-order valence-electron chi connectivity index (χ4n) is 0.816. The van der Waals surface area contributed by atoms with Crippen LogP contribution in [0, 0.1) is 0 Å². The van der Waals surface area contributed by atoms with E-state index in [2.05, 4.69) is 13.0 Å². The maximum absolute atomic E-state index is 10.4. The number of hydrogen-bond acceptors (Lipinski definition) is 0. The van der Waals surface area contributed by atoms with E-state index in [1.54, 1.807) is 0 Å². The second-order valence-corrected chi connectivity index (χ2v) is 2.50. The summed E-state index contributed by atoms with van der Waals surface area (Å²) in [5.41, 5.74) is 1.06. The lowest BCUT2D eigenvalue weighted by atomic mass is 10.1. The third kappa shape index (κ3) is 4.57. The summed E-state index contributed by atoms with van der Waals surface area (Å²) < 4.78 is 0. The first-order valence-electron chi connectivity index (χ1n) is 4.11. The van der Waals surface area contributed by atoms with Gasteiger partial charge in [-0.25, -0.2) is 5.11 Å². The van der Waals surface area contributed by atoms with Crippen LogP contribution in [0.3, 0.4) is 0 Å². The first-order chi connectivity index (χ1) is 4.85. The molecule has 0 unspecified atom stereocenters. The molecule has 0 amide bonds. The normalized spacial score (nSPS) is 12.1. The average molecular weight is 141 g/mol. The van der Waals surface area contributed by atoms with Gasteiger partial charge in [-0.1, -0.05) is 32.8 Å². The van der Waals surface area contributed by atoms with Crippen molar-refractivity contribution in [3.8, 4) is 0 Å². The number of unbranched alkanes of at least 4 members (excludes halogenated alkanes) is 2. The quantitative estimate of drug-likeness (QED) is 0.414. The standard InChI is InChI=1S/C9H17O/c1-3-5-6-7-9(4-2)8-10/h7H,3-6,8H2,1-2H3. The van der Waals surface area contributed by atoms with Gasteiger partial charge in [0, 0.05) is 0 Å². The molecular formula is C9H17O. The highest BCUT2D eigenvalue weighted by Crippen LogP contribution is 2.03. The van der Waals surface area contributed by atoms with Crippen LogP contribution in [0.1, 0.15) is 39.5 Å². The smallest absolute Gasteiger partial charge is 0.103 e. The Morgan fingerprint density at radius 1 is 1.40 bits per heavy atom. The largest absolute Gasteiger partial charge is 0.232 e. The molecule has 0 atom stereocenters. The summed E-state index contributed by atoms with van der Waals surface area (Å²) in [4.78, 5) is 0. The van der Waals surface area contributed by atoms with Gasteiger partial charge in [0.15, 0.2) is 0 Å². The van der Waals surface area contributed by atoms with Crippen molar-refractivity contribution in [3.05, 3.63) is 11.6 Å². The molecular weight excluding hydrogens is 124 g/mol. The third-order valence-corrected chi connectivity index (χ3v) is 1.63. The highest BCUT2D eigenvalue weighted by atomic mass is 16.3. The Bertz CT molecular complexity index is 88.9. The Morgan fingerprint density at radius 3 is 2.50 bits per heavy atom. The molecule has 0 saturated heterocycles. The minimum Gasteiger partial charge on any atom is -0.232 e. The Balaban J connectivity index is 3.43. The zero-order valence-electron chi connectivity index (χ0n) is 7.02. The molecule has 0 spiro atoms. The predicted molar refractivity (Wildman–Crippen MR) is 43.5 cm³/mol. The van der Waals surface area contributed by atoms with Gasteiger partial charge in [0.2, 0.25) is 0 Å². The predicted octanol–water partition coefficient (Wildman–Crippen LogP) is 2.94. The second kappa shape index (κ2) is 6.81. The topological polar surface area (TPSA) is 19.9 Å². The van der Waals surface area contributed by atoms with Crippen LogP contribution in [-0.2, 0) is 5.11 Å². The molecule has 1 heteroatoms. The lowest BCUT2D eigenvalue weighted by Crippen LogP contribution is -1.85. The molecule has 0 saturated carbocycles. The van der Waals surface area contributed by atoms with Crippen LogP contribution < -0.4 is 0 Å². The highest BCUT2D eigenvalue weighted by Gasteiger charge is 1.89. The summed E-state index contributed by atoms with van der Waals surface area (Å²) in [5, 5.41) is 10.4. The van der Waals surface area contributed by atoms with Gasteiger partial charge in [-0.05, 0) is 18.4 Å². The molecule has 0 aromatic rings. The molecule has 59 valence electrons. The van der Waals surface area contributed by atoms with E-state index < -0.39 is 0 Å². The van der Waals surface area contributed by atoms with Gasteiger partial charge >= 0.3 is 0 Å². The van der Waals surface area contributed by atoms with E-state index in [9.17, 15) is 5.11 Å². The van der Waals surface area contributed by atoms with E-state index in [4.69, 9.17) is 0 Å². The average Bonchev–Trinajstić information content (AvgIpc) is 1.99. The third-order valence-electron chi connectivity index (χ3n) is 1.63. The first kappa shape index (κ1) is 9.70. The fraction of sp³-hybridized carbons (Fsp3) is 0.778. The van der Waals surface area contributed by atoms with Crippen molar-refractivity contribution in [1.29, 1.82) is 0 Å². The van der Waals surface area contributed by atoms with Crippen LogP contribution in [0.15, 0.2) is 11.6 Å². The van der Waals surface area contributed by atoms with Crippen molar-refractivity contribution < 1.29 is 5.11 Å². The number of allylic oxidation sites excluding steroid dienone is 1. The van der Waals surface area contributed by atoms with Gasteiger partial charge in [0.05, 0.1) is 0 Å². The highest BCUT2D eigenvalue weighted by molar-refractivity contribution is 5.00. The Labute approximate surface area is 63.8 Å². The summed E-state index contributed by atoms with van der Waals surface area (Å²) in [6.45, 7) is 4.19. The van der Waals surface area contributed by atoms with E-state index in [0.29, 0.717) is 0 Å². The van der Waals surface area contributed by atoms with Gasteiger partial charge in [0.25, 0.3) is 0 Å². The maximum atomic E-state index is 10.4. The van der Waals surface area contributed by atoms with Crippen molar-refractivity contribution >= 4 is 0 Å². The summed E-state index contributed by atoms with van der Waals surface area (Å²) >= 11 is 0. The fourth-order valence-corrected chi connectivity index (χ4v) is 0.816. The Morgan fingerprint density at radius 2 is 2.10 bits per heavy atom. The zero-order chi connectivity index (χ0) is 7.82. The minimum atomic E-state index is -0.0137. The van der Waals surface area contributed by atoms with Crippen LogP contribution in [0.25, 0.3) is 0 Å². The van der Waals surface area contributed by atoms with Crippen LogP contribution >= 0.6 is 0 Å². The molecule has 0 aliphatic heterocycles. The van der Waals surface area contributed by atoms with Gasteiger partial charge < -0.3 is 0 Å². The minimum absolute atomic E-state index is 0.0137. The molecule has 0 aromatic carbocycles. The van der Waals surface area contributed by atoms with E-state index >= 15 is 0 Å². The summed E-state index contributed by atoms with van der Waals surface area (Å²) in [6.07, 6.45) is 6.53. The van der Waals surface area contributed by atoms with Gasteiger partial charge in [0.1, 0.15) is 6.61 Å². The molecule has 0 N–H and O–H groups in total. The molecule has 0 fully saturated rings. The Kier molecular flexibility index (Phi) is 6.61. The van der Waals surface area contributed by atoms with Crippen molar-refractivity contribution in [2.75, 3.05) is 6.61 Å². The molecule has 1 nitrogen and oxygen atoms in total. The van der Waals surface area contributed by atoms with Crippen LogP contribution in [0.4, 0.5) is 0 Å². The van der Waals surface area contributed by atoms with E-state index in [1.165, 1.54) is 12.8 Å². The zero-order valence-corrected chi connectivity index (χ0v) is 7.02. The monoisotopic (exact) mass is 141 g/mol. The second-order valence-electron chi connectivity index (χ2n) is 2.50. The van der Waals surface area contributed by atoms with Crippen molar-refractivity contribution in [1.82, 2.24) is 0 Å². The molecule has 1 radical (unpaired) electrons. The lowest BCUT2D eigenvalue weighted by Gasteiger charge is -1.96. The van der Waals surface area contributed by atoms with Crippen LogP contribution in [-0.4, -0.2) is 6.61 Å². The van der Waals surface area contributed by atoms with Gasteiger partial charge in [-0.3, -0.25) is 0 Å². The van der Waals surface area contributed by atoms with Crippen molar-refractivity contribution in [3.63, 3.8) is 0 Å². The molecule has 0 aromatic heterocycles. The van der Waals surface area contributed by atoms with Crippen molar-refractivity contribution in [2.45, 2.75) is 39.5 Å². The first-order valence-corrected chi connectivity index (χ1v) is 4.11. The summed E-state index contributed by atoms with van der Waals surface area (Å²) in [6, 6.07) is 0. The molecule has 0 rings (SSSR count). The van der Waals surface area contributed by atoms with Gasteiger partial charge in [-0.2, -0.15) is 0 Å². The summed E-state index contributed by atoms with van der Waals surface area (Å²) in [5.74, 6) is 0. The molecule has 0 aliphatic carbocycles. The SMILES string of the molecule is CCCCC=C(CC)C[O]. The molecule has 10 heavy (non-hydrogen) atoms. The summed E-state index contributed by atoms with van der Waals surface area (Å²) in [7, 11) is 0. The molecule has 0 aliphatic rings. The number of hydrogen-bond donors (Lipinski definition) is 0. The van der Waals surface area contributed by atoms with E-state index in [1.807, 2.05) is 6.92 Å². The Hall–Kier alpha value is -0.300. The van der Waals surface area contributed by atoms with E-state index in [0.717, 1.165) is 18.4 Å². The molecule has 0 heterocycles. The lowest BCUT2D eigenvalue weighted by molar-refractivity contribution is 0.220. The molecule has 0 bridgehead atoms. The van der Waals surface area contributed by atoms with Crippen LogP contribution in [0.5, 0.6) is 0 Å². The van der Waals surface area contributed by atoms with Gasteiger partial charge in [-0.15, -0.1) is 0 Å².